The number of carbonyl (C=O) groups is 2. The molecule has 0 radical (unpaired) electrons. The molecule has 7 nitrogen and oxygen atoms in total. The van der Waals surface area contributed by atoms with Gasteiger partial charge in [-0.1, -0.05) is 12.1 Å². The molecule has 0 spiro atoms. The minimum absolute atomic E-state index is 0.233. The lowest BCUT2D eigenvalue weighted by Gasteiger charge is -2.09. The zero-order valence-electron chi connectivity index (χ0n) is 18.2. The molecule has 34 heavy (non-hydrogen) atoms. The number of benzene rings is 3. The Kier molecular flexibility index (Phi) is 6.68. The summed E-state index contributed by atoms with van der Waals surface area (Å²) in [6, 6.07) is 18.5. The van der Waals surface area contributed by atoms with Gasteiger partial charge in [-0.2, -0.15) is 0 Å². The molecule has 172 valence electrons. The fourth-order valence-electron chi connectivity index (χ4n) is 3.24. The Labute approximate surface area is 193 Å². The molecule has 4 rings (SSSR count). The summed E-state index contributed by atoms with van der Waals surface area (Å²) in [7, 11) is 0. The number of amides is 1. The van der Waals surface area contributed by atoms with Crippen molar-refractivity contribution >= 4 is 28.5 Å². The van der Waals surface area contributed by atoms with E-state index >= 15 is 0 Å². The first-order valence-electron chi connectivity index (χ1n) is 10.4. The molecule has 0 aliphatic heterocycles. The molecule has 0 bridgehead atoms. The standard InChI is InChI=1S/C26H20FNO6/c1-16-12-25(30)34-23-13-21(10-11-22(16)23)32-14-17-2-4-18(5-3-17)26(31)33-15-24(29)28-20-8-6-19(27)7-9-20/h2-13H,14-15H2,1H3,(H,28,29). The normalized spacial score (nSPS) is 10.6. The van der Waals surface area contributed by atoms with Crippen molar-refractivity contribution in [3.63, 3.8) is 0 Å². The van der Waals surface area contributed by atoms with Gasteiger partial charge in [-0.25, -0.2) is 14.0 Å². The van der Waals surface area contributed by atoms with Crippen molar-refractivity contribution in [3.05, 3.63) is 106 Å². The van der Waals surface area contributed by atoms with Crippen LogP contribution in [-0.4, -0.2) is 18.5 Å². The van der Waals surface area contributed by atoms with Gasteiger partial charge in [0.25, 0.3) is 5.91 Å². The summed E-state index contributed by atoms with van der Waals surface area (Å²) in [5.74, 6) is -1.07. The van der Waals surface area contributed by atoms with Crippen LogP contribution in [0.2, 0.25) is 0 Å². The maximum Gasteiger partial charge on any atom is 0.338 e. The lowest BCUT2D eigenvalue weighted by molar-refractivity contribution is -0.119. The molecule has 1 aromatic heterocycles. The van der Waals surface area contributed by atoms with Crippen LogP contribution in [0.5, 0.6) is 5.75 Å². The summed E-state index contributed by atoms with van der Waals surface area (Å²) in [5, 5.41) is 3.35. The van der Waals surface area contributed by atoms with Crippen molar-refractivity contribution in [1.82, 2.24) is 0 Å². The van der Waals surface area contributed by atoms with Gasteiger partial charge in [0.05, 0.1) is 5.56 Å². The van der Waals surface area contributed by atoms with Gasteiger partial charge in [-0.15, -0.1) is 0 Å². The third-order valence-electron chi connectivity index (χ3n) is 4.98. The second-order valence-electron chi connectivity index (χ2n) is 7.52. The summed E-state index contributed by atoms with van der Waals surface area (Å²) in [4.78, 5) is 35.7. The number of rotatable bonds is 7. The van der Waals surface area contributed by atoms with Crippen LogP contribution in [0.3, 0.4) is 0 Å². The first kappa shape index (κ1) is 22.7. The predicted octanol–water partition coefficient (Wildman–Crippen LogP) is 4.62. The summed E-state index contributed by atoms with van der Waals surface area (Å²) >= 11 is 0. The monoisotopic (exact) mass is 461 g/mol. The van der Waals surface area contributed by atoms with Crippen molar-refractivity contribution < 1.29 is 27.9 Å². The van der Waals surface area contributed by atoms with Gasteiger partial charge in [0.1, 0.15) is 23.8 Å². The number of carbonyl (C=O) groups excluding carboxylic acids is 2. The minimum atomic E-state index is -0.651. The van der Waals surface area contributed by atoms with E-state index < -0.39 is 29.9 Å². The van der Waals surface area contributed by atoms with Crippen LogP contribution in [0.25, 0.3) is 11.0 Å². The lowest BCUT2D eigenvalue weighted by atomic mass is 10.1. The highest BCUT2D eigenvalue weighted by molar-refractivity contribution is 5.95. The van der Waals surface area contributed by atoms with Crippen molar-refractivity contribution in [1.29, 1.82) is 0 Å². The largest absolute Gasteiger partial charge is 0.489 e. The second kappa shape index (κ2) is 9.99. The average Bonchev–Trinajstić information content (AvgIpc) is 2.82. The van der Waals surface area contributed by atoms with E-state index in [4.69, 9.17) is 13.9 Å². The number of fused-ring (bicyclic) bond motifs is 1. The molecule has 1 heterocycles. The van der Waals surface area contributed by atoms with Crippen molar-refractivity contribution in [2.24, 2.45) is 0 Å². The van der Waals surface area contributed by atoms with Crippen LogP contribution in [-0.2, 0) is 16.1 Å². The van der Waals surface area contributed by atoms with Gasteiger partial charge in [0, 0.05) is 23.2 Å². The van der Waals surface area contributed by atoms with E-state index in [0.717, 1.165) is 16.5 Å². The third kappa shape index (κ3) is 5.66. The molecule has 3 aromatic carbocycles. The topological polar surface area (TPSA) is 94.8 Å². The molecule has 1 amide bonds. The predicted molar refractivity (Wildman–Crippen MR) is 123 cm³/mol. The van der Waals surface area contributed by atoms with E-state index in [1.54, 1.807) is 36.4 Å². The highest BCUT2D eigenvalue weighted by Gasteiger charge is 2.11. The van der Waals surface area contributed by atoms with Crippen molar-refractivity contribution in [2.45, 2.75) is 13.5 Å². The van der Waals surface area contributed by atoms with Gasteiger partial charge >= 0.3 is 11.6 Å². The van der Waals surface area contributed by atoms with Gasteiger partial charge in [0.2, 0.25) is 0 Å². The smallest absolute Gasteiger partial charge is 0.338 e. The summed E-state index contributed by atoms with van der Waals surface area (Å²) in [6.45, 7) is 1.60. The first-order chi connectivity index (χ1) is 16.4. The van der Waals surface area contributed by atoms with E-state index in [1.165, 1.54) is 30.3 Å². The van der Waals surface area contributed by atoms with Crippen LogP contribution >= 0.6 is 0 Å². The van der Waals surface area contributed by atoms with Gasteiger partial charge < -0.3 is 19.2 Å². The minimum Gasteiger partial charge on any atom is -0.489 e. The van der Waals surface area contributed by atoms with E-state index in [1.807, 2.05) is 13.0 Å². The Hall–Kier alpha value is -4.46. The highest BCUT2D eigenvalue weighted by Crippen LogP contribution is 2.23. The number of halogens is 1. The van der Waals surface area contributed by atoms with Crippen LogP contribution in [0.15, 0.2) is 82.0 Å². The Morgan fingerprint density at radius 1 is 0.971 bits per heavy atom. The molecule has 0 atom stereocenters. The van der Waals surface area contributed by atoms with Gasteiger partial charge in [0.15, 0.2) is 6.61 Å². The third-order valence-corrected chi connectivity index (χ3v) is 4.98. The lowest BCUT2D eigenvalue weighted by Crippen LogP contribution is -2.20. The number of nitrogens with one attached hydrogen (secondary N) is 1. The first-order valence-corrected chi connectivity index (χ1v) is 10.4. The molecular formula is C26H20FNO6. The molecule has 0 fully saturated rings. The Balaban J connectivity index is 1.30. The summed E-state index contributed by atoms with van der Waals surface area (Å²) in [6.07, 6.45) is 0. The van der Waals surface area contributed by atoms with Crippen LogP contribution in [0.4, 0.5) is 10.1 Å². The second-order valence-corrected chi connectivity index (χ2v) is 7.52. The number of anilines is 1. The fourth-order valence-corrected chi connectivity index (χ4v) is 3.24. The van der Waals surface area contributed by atoms with Crippen molar-refractivity contribution in [2.75, 3.05) is 11.9 Å². The Morgan fingerprint density at radius 3 is 2.44 bits per heavy atom. The van der Waals surface area contributed by atoms with E-state index in [-0.39, 0.29) is 12.2 Å². The molecular weight excluding hydrogens is 441 g/mol. The highest BCUT2D eigenvalue weighted by atomic mass is 19.1. The molecule has 1 N–H and O–H groups in total. The maximum atomic E-state index is 12.9. The number of hydrogen-bond acceptors (Lipinski definition) is 6. The van der Waals surface area contributed by atoms with Gasteiger partial charge in [-0.3, -0.25) is 4.79 Å². The number of hydrogen-bond donors (Lipinski definition) is 1. The summed E-state index contributed by atoms with van der Waals surface area (Å²) < 4.78 is 28.9. The summed E-state index contributed by atoms with van der Waals surface area (Å²) in [5.41, 5.74) is 2.34. The van der Waals surface area contributed by atoms with Crippen LogP contribution in [0.1, 0.15) is 21.5 Å². The molecule has 0 aliphatic rings. The molecule has 0 saturated carbocycles. The zero-order valence-corrected chi connectivity index (χ0v) is 18.2. The number of esters is 1. The van der Waals surface area contributed by atoms with Gasteiger partial charge in [-0.05, 0) is 66.6 Å². The fraction of sp³-hybridized carbons (Fsp3) is 0.115. The SMILES string of the molecule is Cc1cc(=O)oc2cc(OCc3ccc(C(=O)OCC(=O)Nc4ccc(F)cc4)cc3)ccc12. The molecule has 4 aromatic rings. The quantitative estimate of drug-likeness (QED) is 0.319. The van der Waals surface area contributed by atoms with E-state index in [0.29, 0.717) is 17.0 Å². The maximum absolute atomic E-state index is 12.9. The molecule has 0 unspecified atom stereocenters. The Morgan fingerprint density at radius 2 is 1.71 bits per heavy atom. The Bertz CT molecular complexity index is 1390. The molecule has 8 heteroatoms. The van der Waals surface area contributed by atoms with Crippen LogP contribution in [0, 0.1) is 12.7 Å². The number of aryl methyl sites for hydroxylation is 1. The molecule has 0 saturated heterocycles. The van der Waals surface area contributed by atoms with E-state index in [9.17, 15) is 18.8 Å². The van der Waals surface area contributed by atoms with E-state index in [2.05, 4.69) is 5.32 Å². The number of ether oxygens (including phenoxy) is 2. The zero-order chi connectivity index (χ0) is 24.1. The van der Waals surface area contributed by atoms with Crippen LogP contribution < -0.4 is 15.7 Å². The molecule has 0 aliphatic carbocycles. The van der Waals surface area contributed by atoms with Crippen molar-refractivity contribution in [3.8, 4) is 5.75 Å². The average molecular weight is 461 g/mol.